The summed E-state index contributed by atoms with van der Waals surface area (Å²) in [7, 11) is 1.54. The fraction of sp³-hybridized carbons (Fsp3) is 0.500. The van der Waals surface area contributed by atoms with Crippen molar-refractivity contribution >= 4 is 23.3 Å². The average Bonchev–Trinajstić information content (AvgIpc) is 3.17. The van der Waals surface area contributed by atoms with Gasteiger partial charge in [-0.05, 0) is 31.0 Å². The van der Waals surface area contributed by atoms with Crippen molar-refractivity contribution in [2.24, 2.45) is 5.41 Å². The zero-order valence-electron chi connectivity index (χ0n) is 13.4. The van der Waals surface area contributed by atoms with Crippen LogP contribution in [0.2, 0.25) is 0 Å². The van der Waals surface area contributed by atoms with Gasteiger partial charge in [-0.15, -0.1) is 0 Å². The summed E-state index contributed by atoms with van der Waals surface area (Å²) in [6.07, 6.45) is -3.16. The molecule has 1 aromatic rings. The third-order valence-corrected chi connectivity index (χ3v) is 4.62. The van der Waals surface area contributed by atoms with Gasteiger partial charge in [-0.25, -0.2) is 4.79 Å². The van der Waals surface area contributed by atoms with E-state index in [0.717, 1.165) is 23.8 Å². The van der Waals surface area contributed by atoms with Gasteiger partial charge >= 0.3 is 12.2 Å². The molecule has 0 aromatic heterocycles. The maximum absolute atomic E-state index is 13.4. The number of benzene rings is 1. The zero-order valence-corrected chi connectivity index (χ0v) is 13.4. The Balaban J connectivity index is 1.93. The Morgan fingerprint density at radius 3 is 2.42 bits per heavy atom. The summed E-state index contributed by atoms with van der Waals surface area (Å²) >= 11 is 0. The number of urea groups is 1. The number of likely N-dealkylation sites (N-methyl/N-ethyl adjacent to an activating group) is 1. The highest BCUT2D eigenvalue weighted by Crippen LogP contribution is 2.46. The number of rotatable bonds is 3. The molecule has 1 saturated carbocycles. The average molecular weight is 341 g/mol. The lowest BCUT2D eigenvalue weighted by molar-refractivity contribution is -0.137. The van der Waals surface area contributed by atoms with Crippen molar-refractivity contribution in [1.82, 2.24) is 4.90 Å². The Bertz CT molecular complexity index is 698. The first-order valence-corrected chi connectivity index (χ1v) is 7.67. The van der Waals surface area contributed by atoms with Crippen LogP contribution in [0.3, 0.4) is 0 Å². The molecular formula is C16H18F3N3O2. The summed E-state index contributed by atoms with van der Waals surface area (Å²) in [5, 5.41) is 2.54. The predicted molar refractivity (Wildman–Crippen MR) is 82.8 cm³/mol. The lowest BCUT2D eigenvalue weighted by Crippen LogP contribution is -2.31. The molecule has 3 amide bonds. The second kappa shape index (κ2) is 5.39. The Morgan fingerprint density at radius 1 is 1.25 bits per heavy atom. The van der Waals surface area contributed by atoms with Crippen molar-refractivity contribution in [2.75, 3.05) is 30.4 Å². The zero-order chi connectivity index (χ0) is 17.7. The number of carbonyl (C=O) groups is 2. The van der Waals surface area contributed by atoms with Crippen molar-refractivity contribution in [1.29, 1.82) is 0 Å². The molecule has 1 saturated heterocycles. The van der Waals surface area contributed by atoms with Gasteiger partial charge in [0.1, 0.15) is 0 Å². The molecular weight excluding hydrogens is 323 g/mol. The van der Waals surface area contributed by atoms with Gasteiger partial charge in [0.15, 0.2) is 0 Å². The van der Waals surface area contributed by atoms with Crippen molar-refractivity contribution in [3.05, 3.63) is 23.8 Å². The molecule has 1 aromatic carbocycles. The Hall–Kier alpha value is -2.25. The number of halogens is 3. The van der Waals surface area contributed by atoms with Crippen LogP contribution < -0.4 is 10.2 Å². The Labute approximate surface area is 137 Å². The van der Waals surface area contributed by atoms with Gasteiger partial charge in [0, 0.05) is 31.2 Å². The van der Waals surface area contributed by atoms with E-state index in [9.17, 15) is 22.8 Å². The van der Waals surface area contributed by atoms with E-state index in [-0.39, 0.29) is 23.8 Å². The first kappa shape index (κ1) is 16.6. The van der Waals surface area contributed by atoms with E-state index in [2.05, 4.69) is 5.32 Å². The molecule has 8 heteroatoms. The van der Waals surface area contributed by atoms with Gasteiger partial charge in [-0.1, -0.05) is 6.92 Å². The maximum Gasteiger partial charge on any atom is 0.418 e. The van der Waals surface area contributed by atoms with E-state index < -0.39 is 23.2 Å². The van der Waals surface area contributed by atoms with Crippen LogP contribution in [-0.2, 0) is 11.0 Å². The highest BCUT2D eigenvalue weighted by atomic mass is 19.4. The van der Waals surface area contributed by atoms with Crippen molar-refractivity contribution < 1.29 is 22.8 Å². The lowest BCUT2D eigenvalue weighted by atomic mass is 10.1. The molecule has 0 spiro atoms. The SMILES string of the molecule is CN1CCN(c2ccc(NC(=O)C3(C)CC3)cc2C(F)(F)F)C1=O. The second-order valence-corrected chi connectivity index (χ2v) is 6.60. The molecule has 1 N–H and O–H groups in total. The Kier molecular flexibility index (Phi) is 3.73. The number of anilines is 2. The second-order valence-electron chi connectivity index (χ2n) is 6.60. The van der Waals surface area contributed by atoms with Gasteiger partial charge in [-0.3, -0.25) is 9.69 Å². The molecule has 130 valence electrons. The molecule has 0 unspecified atom stereocenters. The first-order chi connectivity index (χ1) is 11.1. The molecule has 2 fully saturated rings. The highest BCUT2D eigenvalue weighted by Gasteiger charge is 2.45. The number of nitrogens with one attached hydrogen (secondary N) is 1. The summed E-state index contributed by atoms with van der Waals surface area (Å²) in [5.41, 5.74) is -1.51. The number of alkyl halides is 3. The van der Waals surface area contributed by atoms with E-state index in [1.54, 1.807) is 14.0 Å². The quantitative estimate of drug-likeness (QED) is 0.917. The van der Waals surface area contributed by atoms with Crippen LogP contribution in [0.15, 0.2) is 18.2 Å². The number of nitrogens with zero attached hydrogens (tertiary/aromatic N) is 2. The van der Waals surface area contributed by atoms with Crippen molar-refractivity contribution in [3.8, 4) is 0 Å². The topological polar surface area (TPSA) is 52.6 Å². The van der Waals surface area contributed by atoms with E-state index in [4.69, 9.17) is 0 Å². The maximum atomic E-state index is 13.4. The van der Waals surface area contributed by atoms with Gasteiger partial charge in [0.2, 0.25) is 5.91 Å². The van der Waals surface area contributed by atoms with Gasteiger partial charge in [-0.2, -0.15) is 13.2 Å². The standard InChI is InChI=1S/C16H18F3N3O2/c1-15(5-6-15)13(23)20-10-3-4-12(11(9-10)16(17,18)19)22-8-7-21(2)14(22)24/h3-4,9H,5-8H2,1-2H3,(H,20,23). The molecule has 1 aliphatic carbocycles. The number of carbonyl (C=O) groups excluding carboxylic acids is 2. The fourth-order valence-corrected chi connectivity index (χ4v) is 2.64. The molecule has 1 aliphatic heterocycles. The monoisotopic (exact) mass is 341 g/mol. The third-order valence-electron chi connectivity index (χ3n) is 4.62. The summed E-state index contributed by atoms with van der Waals surface area (Å²) in [5.74, 6) is -0.277. The smallest absolute Gasteiger partial charge is 0.326 e. The largest absolute Gasteiger partial charge is 0.418 e. The van der Waals surface area contributed by atoms with Gasteiger partial charge < -0.3 is 10.2 Å². The summed E-state index contributed by atoms with van der Waals surface area (Å²) in [6, 6.07) is 3.07. The normalized spacial score (nSPS) is 19.6. The van der Waals surface area contributed by atoms with E-state index in [1.165, 1.54) is 17.0 Å². The van der Waals surface area contributed by atoms with Gasteiger partial charge in [0.05, 0.1) is 11.3 Å². The summed E-state index contributed by atoms with van der Waals surface area (Å²) in [4.78, 5) is 26.5. The van der Waals surface area contributed by atoms with Crippen LogP contribution in [0.4, 0.5) is 29.3 Å². The van der Waals surface area contributed by atoms with E-state index in [1.807, 2.05) is 0 Å². The molecule has 0 radical (unpaired) electrons. The molecule has 0 atom stereocenters. The van der Waals surface area contributed by atoms with E-state index in [0.29, 0.717) is 6.54 Å². The molecule has 5 nitrogen and oxygen atoms in total. The minimum absolute atomic E-state index is 0.0872. The van der Waals surface area contributed by atoms with Crippen molar-refractivity contribution in [3.63, 3.8) is 0 Å². The Morgan fingerprint density at radius 2 is 1.92 bits per heavy atom. The third kappa shape index (κ3) is 2.92. The first-order valence-electron chi connectivity index (χ1n) is 7.67. The van der Waals surface area contributed by atoms with Crippen LogP contribution in [0.1, 0.15) is 25.3 Å². The van der Waals surface area contributed by atoms with Crippen LogP contribution in [0.5, 0.6) is 0 Å². The summed E-state index contributed by atoms with van der Waals surface area (Å²) in [6.45, 7) is 2.34. The van der Waals surface area contributed by atoms with Crippen LogP contribution >= 0.6 is 0 Å². The van der Waals surface area contributed by atoms with Gasteiger partial charge in [0.25, 0.3) is 0 Å². The molecule has 2 aliphatic rings. The molecule has 0 bridgehead atoms. The lowest BCUT2D eigenvalue weighted by Gasteiger charge is -2.22. The minimum atomic E-state index is -4.62. The van der Waals surface area contributed by atoms with Crippen molar-refractivity contribution in [2.45, 2.75) is 25.9 Å². The predicted octanol–water partition coefficient (Wildman–Crippen LogP) is 3.32. The summed E-state index contributed by atoms with van der Waals surface area (Å²) < 4.78 is 40.3. The van der Waals surface area contributed by atoms with Crippen LogP contribution in [0.25, 0.3) is 0 Å². The molecule has 1 heterocycles. The fourth-order valence-electron chi connectivity index (χ4n) is 2.64. The number of hydrogen-bond donors (Lipinski definition) is 1. The highest BCUT2D eigenvalue weighted by molar-refractivity contribution is 5.98. The van der Waals surface area contributed by atoms with Crippen LogP contribution in [-0.4, -0.2) is 37.0 Å². The minimum Gasteiger partial charge on any atom is -0.326 e. The number of hydrogen-bond acceptors (Lipinski definition) is 2. The van der Waals surface area contributed by atoms with Crippen LogP contribution in [0, 0.1) is 5.41 Å². The molecule has 3 rings (SSSR count). The number of amides is 3. The van der Waals surface area contributed by atoms with E-state index >= 15 is 0 Å². The molecule has 24 heavy (non-hydrogen) atoms.